The normalized spacial score (nSPS) is 10.8. The van der Waals surface area contributed by atoms with E-state index in [4.69, 9.17) is 0 Å². The van der Waals surface area contributed by atoms with Crippen LogP contribution in [0.15, 0.2) is 48.8 Å². The molecule has 0 spiro atoms. The van der Waals surface area contributed by atoms with Crippen LogP contribution >= 0.6 is 0 Å². The number of hydrogen-bond donors (Lipinski definition) is 0. The second-order valence-corrected chi connectivity index (χ2v) is 3.51. The minimum absolute atomic E-state index is 0.235. The van der Waals surface area contributed by atoms with Crippen molar-refractivity contribution in [3.8, 4) is 5.69 Å². The summed E-state index contributed by atoms with van der Waals surface area (Å²) in [6, 6.07) is 13.1. The Morgan fingerprint density at radius 3 is 2.75 bits per heavy atom. The van der Waals surface area contributed by atoms with Crippen LogP contribution in [-0.2, 0) is 0 Å². The fourth-order valence-corrected chi connectivity index (χ4v) is 1.72. The van der Waals surface area contributed by atoms with E-state index in [9.17, 15) is 4.39 Å². The summed E-state index contributed by atoms with van der Waals surface area (Å²) in [4.78, 5) is 4.25. The highest BCUT2D eigenvalue weighted by Gasteiger charge is 2.03. The molecule has 1 radical (unpaired) electrons. The van der Waals surface area contributed by atoms with Gasteiger partial charge in [0, 0.05) is 29.5 Å². The molecule has 0 unspecified atom stereocenters. The number of aromatic nitrogens is 2. The number of halogens is 1. The Bertz CT molecular complexity index is 626. The zero-order valence-corrected chi connectivity index (χ0v) is 8.39. The summed E-state index contributed by atoms with van der Waals surface area (Å²) in [6.45, 7) is 0. The number of hydrogen-bond acceptors (Lipinski definition) is 1. The summed E-state index contributed by atoms with van der Waals surface area (Å²) < 4.78 is 14.7. The minimum atomic E-state index is -0.235. The molecule has 2 aromatic heterocycles. The van der Waals surface area contributed by atoms with Crippen molar-refractivity contribution >= 4 is 11.0 Å². The summed E-state index contributed by atoms with van der Waals surface area (Å²) >= 11 is 0. The summed E-state index contributed by atoms with van der Waals surface area (Å²) in [7, 11) is 0. The van der Waals surface area contributed by atoms with Crippen molar-refractivity contribution in [3.63, 3.8) is 0 Å². The molecular formula is C13H8FN2. The van der Waals surface area contributed by atoms with E-state index in [1.807, 2.05) is 22.9 Å². The van der Waals surface area contributed by atoms with E-state index in [1.165, 1.54) is 12.1 Å². The zero-order valence-electron chi connectivity index (χ0n) is 8.39. The molecule has 0 saturated carbocycles. The second-order valence-electron chi connectivity index (χ2n) is 3.51. The van der Waals surface area contributed by atoms with Gasteiger partial charge in [-0.2, -0.15) is 0 Å². The van der Waals surface area contributed by atoms with Gasteiger partial charge in [0.25, 0.3) is 0 Å². The van der Waals surface area contributed by atoms with Crippen molar-refractivity contribution < 1.29 is 4.39 Å². The van der Waals surface area contributed by atoms with Gasteiger partial charge in [0.15, 0.2) is 0 Å². The van der Waals surface area contributed by atoms with Crippen molar-refractivity contribution in [2.75, 3.05) is 0 Å². The number of fused-ring (bicyclic) bond motifs is 1. The SMILES string of the molecule is Fc1ccc(-n2ccc3c[c]cnc32)cc1. The number of benzene rings is 1. The lowest BCUT2D eigenvalue weighted by Crippen LogP contribution is -1.93. The molecule has 0 N–H and O–H groups in total. The van der Waals surface area contributed by atoms with E-state index in [-0.39, 0.29) is 5.82 Å². The van der Waals surface area contributed by atoms with Crippen LogP contribution in [0.25, 0.3) is 16.7 Å². The fourth-order valence-electron chi connectivity index (χ4n) is 1.72. The summed E-state index contributed by atoms with van der Waals surface area (Å²) in [5.41, 5.74) is 1.75. The van der Waals surface area contributed by atoms with Gasteiger partial charge in [-0.3, -0.25) is 0 Å². The Hall–Kier alpha value is -2.16. The molecule has 0 aliphatic carbocycles. The van der Waals surface area contributed by atoms with Crippen molar-refractivity contribution in [1.29, 1.82) is 0 Å². The van der Waals surface area contributed by atoms with E-state index in [1.54, 1.807) is 18.3 Å². The average molecular weight is 211 g/mol. The maximum atomic E-state index is 12.8. The monoisotopic (exact) mass is 211 g/mol. The molecule has 16 heavy (non-hydrogen) atoms. The van der Waals surface area contributed by atoms with Gasteiger partial charge in [-0.25, -0.2) is 9.37 Å². The van der Waals surface area contributed by atoms with E-state index in [0.29, 0.717) is 0 Å². The Balaban J connectivity index is 2.22. The van der Waals surface area contributed by atoms with Gasteiger partial charge in [-0.15, -0.1) is 0 Å². The van der Waals surface area contributed by atoms with Crippen LogP contribution in [-0.4, -0.2) is 9.55 Å². The third-order valence-electron chi connectivity index (χ3n) is 2.49. The number of pyridine rings is 1. The molecule has 2 heterocycles. The maximum absolute atomic E-state index is 12.8. The highest BCUT2D eigenvalue weighted by Crippen LogP contribution is 2.17. The Morgan fingerprint density at radius 2 is 1.94 bits per heavy atom. The molecule has 0 saturated heterocycles. The predicted molar refractivity (Wildman–Crippen MR) is 59.9 cm³/mol. The smallest absolute Gasteiger partial charge is 0.144 e. The first kappa shape index (κ1) is 9.09. The first-order valence-corrected chi connectivity index (χ1v) is 4.94. The third kappa shape index (κ3) is 1.37. The molecule has 0 amide bonds. The van der Waals surface area contributed by atoms with Gasteiger partial charge in [0.05, 0.1) is 0 Å². The predicted octanol–water partition coefficient (Wildman–Crippen LogP) is 2.96. The van der Waals surface area contributed by atoms with Crippen LogP contribution in [0.5, 0.6) is 0 Å². The highest BCUT2D eigenvalue weighted by atomic mass is 19.1. The molecule has 3 heteroatoms. The van der Waals surface area contributed by atoms with Crippen LogP contribution in [0.4, 0.5) is 4.39 Å². The van der Waals surface area contributed by atoms with Crippen molar-refractivity contribution in [3.05, 3.63) is 60.7 Å². The van der Waals surface area contributed by atoms with Crippen molar-refractivity contribution in [2.45, 2.75) is 0 Å². The van der Waals surface area contributed by atoms with Crippen molar-refractivity contribution in [2.24, 2.45) is 0 Å². The van der Waals surface area contributed by atoms with Crippen LogP contribution in [0.3, 0.4) is 0 Å². The molecule has 0 aliphatic heterocycles. The fraction of sp³-hybridized carbons (Fsp3) is 0. The number of nitrogens with zero attached hydrogens (tertiary/aromatic N) is 2. The highest BCUT2D eigenvalue weighted by molar-refractivity contribution is 5.77. The van der Waals surface area contributed by atoms with Gasteiger partial charge in [-0.05, 0) is 36.4 Å². The first-order chi connectivity index (χ1) is 7.84. The average Bonchev–Trinajstić information content (AvgIpc) is 2.74. The topological polar surface area (TPSA) is 17.8 Å². The van der Waals surface area contributed by atoms with Crippen LogP contribution < -0.4 is 0 Å². The Morgan fingerprint density at radius 1 is 1.12 bits per heavy atom. The zero-order chi connectivity index (χ0) is 11.0. The Labute approximate surface area is 92.0 Å². The third-order valence-corrected chi connectivity index (χ3v) is 2.49. The largest absolute Gasteiger partial charge is 0.301 e. The van der Waals surface area contributed by atoms with E-state index in [0.717, 1.165) is 16.7 Å². The lowest BCUT2D eigenvalue weighted by atomic mass is 10.3. The van der Waals surface area contributed by atoms with E-state index in [2.05, 4.69) is 11.1 Å². The Kier molecular flexibility index (Phi) is 1.96. The van der Waals surface area contributed by atoms with Crippen LogP contribution in [0.2, 0.25) is 0 Å². The molecule has 1 aromatic carbocycles. The molecule has 0 aliphatic rings. The quantitative estimate of drug-likeness (QED) is 0.605. The van der Waals surface area contributed by atoms with Crippen LogP contribution in [0, 0.1) is 11.9 Å². The molecule has 0 atom stereocenters. The van der Waals surface area contributed by atoms with Crippen molar-refractivity contribution in [1.82, 2.24) is 9.55 Å². The molecule has 3 aromatic rings. The molecule has 3 rings (SSSR count). The lowest BCUT2D eigenvalue weighted by Gasteiger charge is -2.03. The first-order valence-electron chi connectivity index (χ1n) is 4.94. The molecule has 2 nitrogen and oxygen atoms in total. The summed E-state index contributed by atoms with van der Waals surface area (Å²) in [5, 5.41) is 1.02. The minimum Gasteiger partial charge on any atom is -0.301 e. The van der Waals surface area contributed by atoms with E-state index >= 15 is 0 Å². The molecule has 77 valence electrons. The standard InChI is InChI=1S/C13H8FN2/c14-11-3-5-12(6-4-11)16-9-7-10-2-1-8-15-13(10)16/h2-9H. The van der Waals surface area contributed by atoms with Gasteiger partial charge >= 0.3 is 0 Å². The van der Waals surface area contributed by atoms with E-state index < -0.39 is 0 Å². The van der Waals surface area contributed by atoms with Gasteiger partial charge in [0.2, 0.25) is 0 Å². The molecular weight excluding hydrogens is 203 g/mol. The number of rotatable bonds is 1. The summed E-state index contributed by atoms with van der Waals surface area (Å²) in [6.07, 6.45) is 3.54. The molecule has 0 fully saturated rings. The van der Waals surface area contributed by atoms with Gasteiger partial charge < -0.3 is 4.57 Å². The second kappa shape index (κ2) is 3.45. The van der Waals surface area contributed by atoms with Gasteiger partial charge in [-0.1, -0.05) is 0 Å². The maximum Gasteiger partial charge on any atom is 0.144 e. The lowest BCUT2D eigenvalue weighted by molar-refractivity contribution is 0.627. The van der Waals surface area contributed by atoms with Crippen LogP contribution in [0.1, 0.15) is 0 Å². The molecule has 0 bridgehead atoms. The van der Waals surface area contributed by atoms with Gasteiger partial charge in [0.1, 0.15) is 11.5 Å². The summed E-state index contributed by atoms with van der Waals surface area (Å²) in [5.74, 6) is -0.235.